The first kappa shape index (κ1) is 15.7. The van der Waals surface area contributed by atoms with Crippen LogP contribution >= 0.6 is 22.9 Å². The van der Waals surface area contributed by atoms with Crippen LogP contribution in [0.5, 0.6) is 0 Å². The van der Waals surface area contributed by atoms with E-state index in [1.54, 1.807) is 26.0 Å². The number of nitrogens with one attached hydrogen (secondary N) is 1. The van der Waals surface area contributed by atoms with E-state index in [0.717, 1.165) is 11.8 Å². The van der Waals surface area contributed by atoms with Crippen LogP contribution < -0.4 is 4.72 Å². The SMILES string of the molecule is Cc1ccc(NS(=O)(=O)c2cc([N+](=O)[O-])c(Cl)s2)c(C)n1. The van der Waals surface area contributed by atoms with E-state index in [4.69, 9.17) is 11.6 Å². The summed E-state index contributed by atoms with van der Waals surface area (Å²) in [6, 6.07) is 4.18. The molecule has 1 N–H and O–H groups in total. The minimum atomic E-state index is -3.94. The molecule has 2 rings (SSSR count). The number of pyridine rings is 1. The molecule has 0 spiro atoms. The fraction of sp³-hybridized carbons (Fsp3) is 0.182. The molecule has 2 heterocycles. The molecular weight excluding hydrogens is 338 g/mol. The molecule has 0 bridgehead atoms. The molecule has 2 aromatic heterocycles. The average molecular weight is 348 g/mol. The van der Waals surface area contributed by atoms with Gasteiger partial charge in [-0.2, -0.15) is 0 Å². The normalized spacial score (nSPS) is 11.4. The predicted molar refractivity (Wildman–Crippen MR) is 80.5 cm³/mol. The van der Waals surface area contributed by atoms with Gasteiger partial charge in [-0.3, -0.25) is 19.8 Å². The lowest BCUT2D eigenvalue weighted by atomic mass is 10.3. The minimum absolute atomic E-state index is 0.181. The minimum Gasteiger partial charge on any atom is -0.277 e. The second-order valence-electron chi connectivity index (χ2n) is 4.17. The Morgan fingerprint density at radius 3 is 2.57 bits per heavy atom. The van der Waals surface area contributed by atoms with Crippen molar-refractivity contribution in [3.63, 3.8) is 0 Å². The van der Waals surface area contributed by atoms with E-state index in [9.17, 15) is 18.5 Å². The Labute approximate surface area is 129 Å². The van der Waals surface area contributed by atoms with Crippen molar-refractivity contribution in [2.75, 3.05) is 4.72 Å². The van der Waals surface area contributed by atoms with Crippen molar-refractivity contribution in [3.8, 4) is 0 Å². The average Bonchev–Trinajstić information content (AvgIpc) is 2.76. The zero-order valence-electron chi connectivity index (χ0n) is 11.0. The first-order chi connectivity index (χ1) is 9.70. The van der Waals surface area contributed by atoms with Gasteiger partial charge in [-0.25, -0.2) is 8.42 Å². The number of sulfonamides is 1. The molecule has 0 saturated heterocycles. The van der Waals surface area contributed by atoms with Crippen molar-refractivity contribution < 1.29 is 13.3 Å². The Morgan fingerprint density at radius 1 is 1.38 bits per heavy atom. The molecule has 10 heteroatoms. The number of halogens is 1. The van der Waals surface area contributed by atoms with Crippen LogP contribution in [-0.2, 0) is 10.0 Å². The summed E-state index contributed by atoms with van der Waals surface area (Å²) in [7, 11) is -3.94. The first-order valence-electron chi connectivity index (χ1n) is 5.61. The molecule has 112 valence electrons. The number of aromatic nitrogens is 1. The van der Waals surface area contributed by atoms with Gasteiger partial charge >= 0.3 is 0 Å². The molecule has 0 aliphatic heterocycles. The summed E-state index contributed by atoms with van der Waals surface area (Å²) in [4.78, 5) is 14.1. The van der Waals surface area contributed by atoms with Gasteiger partial charge in [0.05, 0.1) is 16.3 Å². The van der Waals surface area contributed by atoms with Crippen molar-refractivity contribution in [1.29, 1.82) is 0 Å². The van der Waals surface area contributed by atoms with Gasteiger partial charge in [-0.15, -0.1) is 11.3 Å². The molecule has 21 heavy (non-hydrogen) atoms. The van der Waals surface area contributed by atoms with Gasteiger partial charge in [0.25, 0.3) is 15.7 Å². The van der Waals surface area contributed by atoms with E-state index in [2.05, 4.69) is 9.71 Å². The van der Waals surface area contributed by atoms with Crippen molar-refractivity contribution in [3.05, 3.63) is 44.0 Å². The second-order valence-corrected chi connectivity index (χ2v) is 7.74. The van der Waals surface area contributed by atoms with E-state index in [-0.39, 0.29) is 8.55 Å². The molecule has 0 fully saturated rings. The van der Waals surface area contributed by atoms with Crippen LogP contribution in [0.3, 0.4) is 0 Å². The summed E-state index contributed by atoms with van der Waals surface area (Å²) >= 11 is 6.30. The standard InChI is InChI=1S/C11H10ClN3O4S2/c1-6-3-4-8(7(2)13-6)14-21(18,19)10-5-9(15(16)17)11(12)20-10/h3-5,14H,1-2H3. The Morgan fingerprint density at radius 2 is 2.05 bits per heavy atom. The molecule has 0 atom stereocenters. The predicted octanol–water partition coefficient (Wildman–Crippen LogP) is 3.12. The fourth-order valence-corrected chi connectivity index (χ4v) is 4.37. The molecule has 0 amide bonds. The maximum absolute atomic E-state index is 12.2. The van der Waals surface area contributed by atoms with Crippen LogP contribution in [0, 0.1) is 24.0 Å². The lowest BCUT2D eigenvalue weighted by Gasteiger charge is -2.08. The number of hydrogen-bond acceptors (Lipinski definition) is 6. The van der Waals surface area contributed by atoms with Gasteiger partial charge in [0.1, 0.15) is 4.21 Å². The number of nitrogens with zero attached hydrogens (tertiary/aromatic N) is 2. The maximum Gasteiger partial charge on any atom is 0.300 e. The Balaban J connectivity index is 2.38. The summed E-state index contributed by atoms with van der Waals surface area (Å²) < 4.78 is 26.4. The van der Waals surface area contributed by atoms with Crippen LogP contribution in [0.2, 0.25) is 4.34 Å². The highest BCUT2D eigenvalue weighted by atomic mass is 35.5. The summed E-state index contributed by atoms with van der Waals surface area (Å²) in [6.07, 6.45) is 0. The lowest BCUT2D eigenvalue weighted by Crippen LogP contribution is -2.13. The van der Waals surface area contributed by atoms with Crippen LogP contribution in [0.25, 0.3) is 0 Å². The van der Waals surface area contributed by atoms with Gasteiger partial charge in [0.15, 0.2) is 4.34 Å². The number of aryl methyl sites for hydroxylation is 2. The number of anilines is 1. The van der Waals surface area contributed by atoms with Crippen LogP contribution in [-0.4, -0.2) is 18.3 Å². The largest absolute Gasteiger partial charge is 0.300 e. The van der Waals surface area contributed by atoms with Crippen molar-refractivity contribution in [2.45, 2.75) is 18.1 Å². The monoisotopic (exact) mass is 347 g/mol. The molecule has 0 aromatic carbocycles. The first-order valence-corrected chi connectivity index (χ1v) is 8.29. The van der Waals surface area contributed by atoms with Gasteiger partial charge < -0.3 is 0 Å². The van der Waals surface area contributed by atoms with Crippen LogP contribution in [0.15, 0.2) is 22.4 Å². The third-order valence-corrected chi connectivity index (χ3v) is 5.75. The molecule has 0 saturated carbocycles. The summed E-state index contributed by atoms with van der Waals surface area (Å²) in [5, 5.41) is 10.7. The molecule has 0 aliphatic carbocycles. The van der Waals surface area contributed by atoms with Gasteiger partial charge in [0, 0.05) is 11.8 Å². The van der Waals surface area contributed by atoms with Crippen LogP contribution in [0.4, 0.5) is 11.4 Å². The Hall–Kier alpha value is -1.71. The van der Waals surface area contributed by atoms with Crippen molar-refractivity contribution in [1.82, 2.24) is 4.98 Å². The third-order valence-electron chi connectivity index (χ3n) is 2.58. The second kappa shape index (κ2) is 5.58. The zero-order chi connectivity index (χ0) is 15.8. The summed E-state index contributed by atoms with van der Waals surface area (Å²) in [6.45, 7) is 3.45. The summed E-state index contributed by atoms with van der Waals surface area (Å²) in [5.41, 5.74) is 1.15. The zero-order valence-corrected chi connectivity index (χ0v) is 13.3. The topological polar surface area (TPSA) is 102 Å². The van der Waals surface area contributed by atoms with Gasteiger partial charge in [-0.1, -0.05) is 11.6 Å². The van der Waals surface area contributed by atoms with Crippen molar-refractivity contribution >= 4 is 44.3 Å². The fourth-order valence-electron chi connectivity index (χ4n) is 1.58. The lowest BCUT2D eigenvalue weighted by molar-refractivity contribution is -0.384. The molecule has 7 nitrogen and oxygen atoms in total. The van der Waals surface area contributed by atoms with E-state index < -0.39 is 20.6 Å². The number of nitro groups is 1. The quantitative estimate of drug-likeness (QED) is 0.676. The van der Waals surface area contributed by atoms with E-state index in [1.807, 2.05) is 0 Å². The van der Waals surface area contributed by atoms with E-state index in [1.165, 1.54) is 0 Å². The Kier molecular flexibility index (Phi) is 4.17. The molecule has 0 unspecified atom stereocenters. The molecule has 2 aromatic rings. The number of rotatable bonds is 4. The maximum atomic E-state index is 12.2. The highest BCUT2D eigenvalue weighted by Gasteiger charge is 2.25. The highest BCUT2D eigenvalue weighted by molar-refractivity contribution is 7.94. The molecule has 0 radical (unpaired) electrons. The molecular formula is C11H10ClN3O4S2. The molecule has 0 aliphatic rings. The number of thiophene rings is 1. The van der Waals surface area contributed by atoms with Gasteiger partial charge in [0.2, 0.25) is 0 Å². The van der Waals surface area contributed by atoms with Crippen LogP contribution in [0.1, 0.15) is 11.4 Å². The van der Waals surface area contributed by atoms with Gasteiger partial charge in [-0.05, 0) is 26.0 Å². The van der Waals surface area contributed by atoms with E-state index >= 15 is 0 Å². The van der Waals surface area contributed by atoms with E-state index in [0.29, 0.717) is 22.7 Å². The van der Waals surface area contributed by atoms with Crippen molar-refractivity contribution in [2.24, 2.45) is 0 Å². The highest BCUT2D eigenvalue weighted by Crippen LogP contribution is 2.36. The summed E-state index contributed by atoms with van der Waals surface area (Å²) in [5.74, 6) is 0. The Bertz CT molecular complexity index is 817. The third kappa shape index (κ3) is 3.31. The smallest absolute Gasteiger partial charge is 0.277 e. The number of hydrogen-bond donors (Lipinski definition) is 1.